The fourth-order valence-electron chi connectivity index (χ4n) is 2.55. The third-order valence-electron chi connectivity index (χ3n) is 4.48. The third-order valence-corrected chi connectivity index (χ3v) is 6.31. The monoisotopic (exact) mass is 366 g/mol. The molecule has 0 aliphatic carbocycles. The van der Waals surface area contributed by atoms with Crippen LogP contribution in [0.25, 0.3) is 0 Å². The number of rotatable bonds is 5. The second-order valence-corrected chi connectivity index (χ2v) is 8.38. The summed E-state index contributed by atoms with van der Waals surface area (Å²) < 4.78 is 25.6. The van der Waals surface area contributed by atoms with Crippen LogP contribution in [-0.2, 0) is 4.57 Å². The smallest absolute Gasteiger partial charge is 0.413 e. The third kappa shape index (κ3) is 4.00. The fraction of sp³-hybridized carbons (Fsp3) is 0.182. The topological polar surface area (TPSA) is 35.5 Å². The first-order valence-corrected chi connectivity index (χ1v) is 10.1. The Bertz CT molecular complexity index is 907. The molecule has 0 atom stereocenters. The number of hydrogen-bond acceptors (Lipinski definition) is 3. The number of aryl methyl sites for hydroxylation is 4. The minimum atomic E-state index is -3.59. The van der Waals surface area contributed by atoms with Crippen molar-refractivity contribution in [3.05, 3.63) is 89.0 Å². The lowest BCUT2D eigenvalue weighted by atomic mass is 10.1. The predicted octanol–water partition coefficient (Wildman–Crippen LogP) is 5.90. The lowest BCUT2D eigenvalue weighted by Gasteiger charge is -2.21. The zero-order chi connectivity index (χ0) is 18.7. The van der Waals surface area contributed by atoms with Gasteiger partial charge in [0.25, 0.3) is 0 Å². The highest BCUT2D eigenvalue weighted by Crippen LogP contribution is 2.48. The molecule has 0 N–H and O–H groups in total. The van der Waals surface area contributed by atoms with Crippen molar-refractivity contribution in [3.63, 3.8) is 0 Å². The van der Waals surface area contributed by atoms with E-state index in [1.807, 2.05) is 82.3 Å². The molecule has 3 nitrogen and oxygen atoms in total. The van der Waals surface area contributed by atoms with Crippen LogP contribution < -0.4 is 14.4 Å². The largest absolute Gasteiger partial charge is 0.462 e. The standard InChI is InChI=1S/C22H23O3P/c1-16-10-12-20(14-18(16)3)24-26(23,22-8-6-5-7-9-22)25-21-13-11-17(2)19(4)15-21/h5-15H,1-4H3. The second-order valence-electron chi connectivity index (χ2n) is 6.51. The molecular weight excluding hydrogens is 343 g/mol. The summed E-state index contributed by atoms with van der Waals surface area (Å²) in [6.07, 6.45) is 0. The Morgan fingerprint density at radius 2 is 1.08 bits per heavy atom. The maximum absolute atomic E-state index is 13.7. The van der Waals surface area contributed by atoms with Gasteiger partial charge in [-0.05, 0) is 86.3 Å². The average Bonchev–Trinajstić information content (AvgIpc) is 2.62. The van der Waals surface area contributed by atoms with Crippen LogP contribution in [-0.4, -0.2) is 0 Å². The highest BCUT2D eigenvalue weighted by Gasteiger charge is 2.31. The summed E-state index contributed by atoms with van der Waals surface area (Å²) in [5.41, 5.74) is 4.46. The first kappa shape index (κ1) is 18.3. The van der Waals surface area contributed by atoms with Gasteiger partial charge in [-0.3, -0.25) is 0 Å². The van der Waals surface area contributed by atoms with Crippen molar-refractivity contribution in [2.75, 3.05) is 0 Å². The molecule has 3 aromatic rings. The summed E-state index contributed by atoms with van der Waals surface area (Å²) in [6, 6.07) is 20.4. The molecule has 4 heteroatoms. The number of hydrogen-bond donors (Lipinski definition) is 0. The summed E-state index contributed by atoms with van der Waals surface area (Å²) in [6.45, 7) is 8.06. The molecule has 0 bridgehead atoms. The van der Waals surface area contributed by atoms with E-state index >= 15 is 0 Å². The Morgan fingerprint density at radius 1 is 0.615 bits per heavy atom. The molecule has 0 fully saturated rings. The van der Waals surface area contributed by atoms with E-state index < -0.39 is 7.60 Å². The number of benzene rings is 3. The van der Waals surface area contributed by atoms with Crippen molar-refractivity contribution in [1.82, 2.24) is 0 Å². The molecule has 0 radical (unpaired) electrons. The summed E-state index contributed by atoms with van der Waals surface area (Å²) in [5.74, 6) is 1.06. The quantitative estimate of drug-likeness (QED) is 0.528. The zero-order valence-electron chi connectivity index (χ0n) is 15.5. The SMILES string of the molecule is Cc1ccc(OP(=O)(Oc2ccc(C)c(C)c2)c2ccccc2)cc1C. The molecule has 0 saturated heterocycles. The van der Waals surface area contributed by atoms with Crippen molar-refractivity contribution < 1.29 is 13.6 Å². The van der Waals surface area contributed by atoms with E-state index in [1.165, 1.54) is 0 Å². The second kappa shape index (κ2) is 7.39. The summed E-state index contributed by atoms with van der Waals surface area (Å²) >= 11 is 0. The lowest BCUT2D eigenvalue weighted by Crippen LogP contribution is -2.14. The average molecular weight is 366 g/mol. The molecule has 134 valence electrons. The minimum Gasteiger partial charge on any atom is -0.413 e. The van der Waals surface area contributed by atoms with Crippen LogP contribution in [0.5, 0.6) is 11.5 Å². The summed E-state index contributed by atoms with van der Waals surface area (Å²) in [5, 5.41) is 0.524. The summed E-state index contributed by atoms with van der Waals surface area (Å²) in [7, 11) is -3.59. The van der Waals surface area contributed by atoms with Gasteiger partial charge in [-0.25, -0.2) is 4.57 Å². The highest BCUT2D eigenvalue weighted by atomic mass is 31.2. The highest BCUT2D eigenvalue weighted by molar-refractivity contribution is 7.63. The van der Waals surface area contributed by atoms with Gasteiger partial charge in [0, 0.05) is 0 Å². The minimum absolute atomic E-state index is 0.524. The van der Waals surface area contributed by atoms with Crippen LogP contribution in [0.15, 0.2) is 66.7 Å². The molecule has 26 heavy (non-hydrogen) atoms. The van der Waals surface area contributed by atoms with E-state index in [0.717, 1.165) is 22.3 Å². The Kier molecular flexibility index (Phi) is 5.20. The maximum atomic E-state index is 13.7. The van der Waals surface area contributed by atoms with Crippen molar-refractivity contribution in [1.29, 1.82) is 0 Å². The molecule has 0 unspecified atom stereocenters. The van der Waals surface area contributed by atoms with Crippen molar-refractivity contribution in [2.45, 2.75) is 27.7 Å². The molecule has 0 heterocycles. The molecule has 0 aliphatic heterocycles. The molecule has 3 aromatic carbocycles. The Labute approximate surface area is 155 Å². The predicted molar refractivity (Wildman–Crippen MR) is 107 cm³/mol. The lowest BCUT2D eigenvalue weighted by molar-refractivity contribution is 0.399. The van der Waals surface area contributed by atoms with Gasteiger partial charge in [-0.15, -0.1) is 0 Å². The van der Waals surface area contributed by atoms with Crippen molar-refractivity contribution in [3.8, 4) is 11.5 Å². The molecule has 0 spiro atoms. The molecular formula is C22H23O3P. The Hall–Kier alpha value is -2.51. The van der Waals surface area contributed by atoms with Crippen LogP contribution in [0.4, 0.5) is 0 Å². The van der Waals surface area contributed by atoms with E-state index in [9.17, 15) is 4.57 Å². The van der Waals surface area contributed by atoms with Crippen molar-refractivity contribution in [2.24, 2.45) is 0 Å². The Balaban J connectivity index is 2.00. The van der Waals surface area contributed by atoms with Gasteiger partial charge in [-0.1, -0.05) is 30.3 Å². The molecule has 3 rings (SSSR count). The van der Waals surface area contributed by atoms with Gasteiger partial charge < -0.3 is 9.05 Å². The van der Waals surface area contributed by atoms with Gasteiger partial charge in [0.1, 0.15) is 11.5 Å². The van der Waals surface area contributed by atoms with Crippen molar-refractivity contribution >= 4 is 12.9 Å². The van der Waals surface area contributed by atoms with E-state index in [2.05, 4.69) is 0 Å². The van der Waals surface area contributed by atoms with Gasteiger partial charge in [0.2, 0.25) is 0 Å². The molecule has 0 saturated carbocycles. The van der Waals surface area contributed by atoms with Crippen LogP contribution in [0, 0.1) is 27.7 Å². The van der Waals surface area contributed by atoms with Crippen LogP contribution >= 0.6 is 7.60 Å². The molecule has 0 aliphatic rings. The van der Waals surface area contributed by atoms with Gasteiger partial charge in [0.05, 0.1) is 5.30 Å². The van der Waals surface area contributed by atoms with Gasteiger partial charge >= 0.3 is 7.60 Å². The van der Waals surface area contributed by atoms with E-state index in [4.69, 9.17) is 9.05 Å². The molecule has 0 aromatic heterocycles. The first-order valence-electron chi connectivity index (χ1n) is 8.57. The maximum Gasteiger partial charge on any atom is 0.462 e. The van der Waals surface area contributed by atoms with E-state index in [0.29, 0.717) is 16.8 Å². The van der Waals surface area contributed by atoms with Crippen LogP contribution in [0.3, 0.4) is 0 Å². The van der Waals surface area contributed by atoms with Gasteiger partial charge in [0.15, 0.2) is 0 Å². The van der Waals surface area contributed by atoms with Crippen LogP contribution in [0.2, 0.25) is 0 Å². The van der Waals surface area contributed by atoms with E-state index in [1.54, 1.807) is 12.1 Å². The summed E-state index contributed by atoms with van der Waals surface area (Å²) in [4.78, 5) is 0. The molecule has 0 amide bonds. The fourth-order valence-corrected chi connectivity index (χ4v) is 4.12. The first-order chi connectivity index (χ1) is 12.4. The van der Waals surface area contributed by atoms with Gasteiger partial charge in [-0.2, -0.15) is 0 Å². The zero-order valence-corrected chi connectivity index (χ0v) is 16.4. The Morgan fingerprint density at radius 3 is 1.50 bits per heavy atom. The normalized spacial score (nSPS) is 11.2. The van der Waals surface area contributed by atoms with Crippen LogP contribution in [0.1, 0.15) is 22.3 Å². The van der Waals surface area contributed by atoms with E-state index in [-0.39, 0.29) is 0 Å².